The first-order valence-corrected chi connectivity index (χ1v) is 6.53. The fourth-order valence-electron chi connectivity index (χ4n) is 2.39. The zero-order valence-corrected chi connectivity index (χ0v) is 10.9. The number of pyridine rings is 1. The van der Waals surface area contributed by atoms with E-state index in [0.29, 0.717) is 5.15 Å². The minimum absolute atomic E-state index is 0.147. The lowest BCUT2D eigenvalue weighted by molar-refractivity contribution is 0.155. The summed E-state index contributed by atoms with van der Waals surface area (Å²) < 4.78 is 0. The van der Waals surface area contributed by atoms with Gasteiger partial charge in [0.1, 0.15) is 11.0 Å². The Morgan fingerprint density at radius 2 is 2.18 bits per heavy atom. The first-order valence-electron chi connectivity index (χ1n) is 6.15. The molecule has 0 bridgehead atoms. The van der Waals surface area contributed by atoms with E-state index < -0.39 is 0 Å². The van der Waals surface area contributed by atoms with Crippen LogP contribution in [-0.2, 0) is 0 Å². The third-order valence-corrected chi connectivity index (χ3v) is 3.85. The summed E-state index contributed by atoms with van der Waals surface area (Å²) in [5.41, 5.74) is -0.218. The molecule has 2 rings (SSSR count). The van der Waals surface area contributed by atoms with Crippen molar-refractivity contribution in [3.05, 3.63) is 23.4 Å². The Morgan fingerprint density at radius 1 is 1.47 bits per heavy atom. The Labute approximate surface area is 107 Å². The molecule has 0 aliphatic heterocycles. The van der Waals surface area contributed by atoms with Gasteiger partial charge in [0, 0.05) is 0 Å². The molecule has 4 heteroatoms. The van der Waals surface area contributed by atoms with E-state index in [2.05, 4.69) is 17.2 Å². The highest BCUT2D eigenvalue weighted by atomic mass is 35.5. The fourth-order valence-corrected chi connectivity index (χ4v) is 2.55. The number of hydrogen-bond acceptors (Lipinski definition) is 3. The topological polar surface area (TPSA) is 45.1 Å². The summed E-state index contributed by atoms with van der Waals surface area (Å²) in [5.74, 6) is 1.50. The molecule has 0 atom stereocenters. The molecule has 17 heavy (non-hydrogen) atoms. The number of nitrogens with one attached hydrogen (secondary N) is 1. The number of aromatic nitrogens is 1. The largest absolute Gasteiger partial charge is 0.394 e. The zero-order valence-electron chi connectivity index (χ0n) is 10.1. The maximum Gasteiger partial charge on any atom is 0.131 e. The van der Waals surface area contributed by atoms with Crippen LogP contribution in [0.5, 0.6) is 0 Å². The fraction of sp³-hybridized carbons (Fsp3) is 0.615. The quantitative estimate of drug-likeness (QED) is 0.815. The number of rotatable bonds is 3. The molecule has 2 N–H and O–H groups in total. The molecule has 3 nitrogen and oxygen atoms in total. The molecule has 1 aliphatic carbocycles. The molecule has 94 valence electrons. The van der Waals surface area contributed by atoms with E-state index >= 15 is 0 Å². The van der Waals surface area contributed by atoms with Crippen molar-refractivity contribution in [3.8, 4) is 0 Å². The van der Waals surface area contributed by atoms with E-state index in [4.69, 9.17) is 11.6 Å². The average molecular weight is 255 g/mol. The number of aliphatic hydroxyl groups excluding tert-OH is 1. The van der Waals surface area contributed by atoms with Gasteiger partial charge in [0.05, 0.1) is 12.1 Å². The van der Waals surface area contributed by atoms with Crippen molar-refractivity contribution in [2.24, 2.45) is 5.92 Å². The molecule has 0 spiro atoms. The number of anilines is 1. The highest BCUT2D eigenvalue weighted by Gasteiger charge is 2.33. The summed E-state index contributed by atoms with van der Waals surface area (Å²) >= 11 is 5.86. The summed E-state index contributed by atoms with van der Waals surface area (Å²) in [6.07, 6.45) is 4.26. The number of nitrogens with zero attached hydrogens (tertiary/aromatic N) is 1. The van der Waals surface area contributed by atoms with E-state index in [1.165, 1.54) is 0 Å². The van der Waals surface area contributed by atoms with Crippen LogP contribution >= 0.6 is 11.6 Å². The number of aliphatic hydroxyl groups is 1. The Morgan fingerprint density at radius 3 is 2.76 bits per heavy atom. The second kappa shape index (κ2) is 5.23. The van der Waals surface area contributed by atoms with Crippen LogP contribution in [0.4, 0.5) is 5.82 Å². The van der Waals surface area contributed by atoms with Gasteiger partial charge in [-0.05, 0) is 43.7 Å². The summed E-state index contributed by atoms with van der Waals surface area (Å²) in [6.45, 7) is 2.41. The zero-order chi connectivity index (χ0) is 12.3. The monoisotopic (exact) mass is 254 g/mol. The van der Waals surface area contributed by atoms with Crippen molar-refractivity contribution in [2.45, 2.75) is 38.1 Å². The Bertz CT molecular complexity index is 375. The first-order chi connectivity index (χ1) is 8.13. The van der Waals surface area contributed by atoms with Crippen LogP contribution in [0.1, 0.15) is 32.6 Å². The lowest BCUT2D eigenvalue weighted by atomic mass is 9.77. The molecule has 0 amide bonds. The van der Waals surface area contributed by atoms with E-state index in [1.54, 1.807) is 6.07 Å². The number of halogens is 1. The third-order valence-electron chi connectivity index (χ3n) is 3.64. The summed E-state index contributed by atoms with van der Waals surface area (Å²) in [7, 11) is 0. The molecular weight excluding hydrogens is 236 g/mol. The van der Waals surface area contributed by atoms with Gasteiger partial charge in [-0.25, -0.2) is 4.98 Å². The van der Waals surface area contributed by atoms with Crippen LogP contribution in [0.25, 0.3) is 0 Å². The van der Waals surface area contributed by atoms with Gasteiger partial charge < -0.3 is 10.4 Å². The van der Waals surface area contributed by atoms with Gasteiger partial charge in [-0.3, -0.25) is 0 Å². The Balaban J connectivity index is 2.09. The molecule has 1 fully saturated rings. The molecule has 0 aromatic carbocycles. The molecule has 0 saturated heterocycles. The van der Waals surface area contributed by atoms with Crippen molar-refractivity contribution in [2.75, 3.05) is 11.9 Å². The van der Waals surface area contributed by atoms with E-state index in [0.717, 1.165) is 37.4 Å². The number of hydrogen-bond donors (Lipinski definition) is 2. The highest BCUT2D eigenvalue weighted by Crippen LogP contribution is 2.34. The van der Waals surface area contributed by atoms with Gasteiger partial charge in [0.15, 0.2) is 0 Å². The molecule has 0 radical (unpaired) electrons. The van der Waals surface area contributed by atoms with Crippen molar-refractivity contribution in [1.29, 1.82) is 0 Å². The van der Waals surface area contributed by atoms with Crippen LogP contribution in [0.15, 0.2) is 18.2 Å². The van der Waals surface area contributed by atoms with E-state index in [9.17, 15) is 5.11 Å². The summed E-state index contributed by atoms with van der Waals surface area (Å²) in [5, 5.41) is 13.5. The van der Waals surface area contributed by atoms with Crippen LogP contribution in [0, 0.1) is 5.92 Å². The summed E-state index contributed by atoms with van der Waals surface area (Å²) in [6, 6.07) is 5.51. The minimum Gasteiger partial charge on any atom is -0.394 e. The molecule has 0 unspecified atom stereocenters. The lowest BCUT2D eigenvalue weighted by Gasteiger charge is -2.39. The van der Waals surface area contributed by atoms with Crippen LogP contribution < -0.4 is 5.32 Å². The second-order valence-corrected chi connectivity index (χ2v) is 5.48. The molecule has 1 aliphatic rings. The SMILES string of the molecule is CC1CCC(CO)(Nc2cccc(Cl)n2)CC1. The van der Waals surface area contributed by atoms with Crippen LogP contribution in [0.2, 0.25) is 5.15 Å². The van der Waals surface area contributed by atoms with Gasteiger partial charge in [-0.2, -0.15) is 0 Å². The Hall–Kier alpha value is -0.800. The van der Waals surface area contributed by atoms with Crippen LogP contribution in [-0.4, -0.2) is 22.2 Å². The maximum atomic E-state index is 9.64. The van der Waals surface area contributed by atoms with Gasteiger partial charge in [-0.1, -0.05) is 24.6 Å². The van der Waals surface area contributed by atoms with Gasteiger partial charge in [-0.15, -0.1) is 0 Å². The minimum atomic E-state index is -0.218. The van der Waals surface area contributed by atoms with Gasteiger partial charge >= 0.3 is 0 Å². The van der Waals surface area contributed by atoms with Crippen molar-refractivity contribution in [1.82, 2.24) is 4.98 Å². The average Bonchev–Trinajstić information content (AvgIpc) is 2.33. The normalized spacial score (nSPS) is 29.0. The summed E-state index contributed by atoms with van der Waals surface area (Å²) in [4.78, 5) is 4.22. The van der Waals surface area contributed by atoms with Gasteiger partial charge in [0.25, 0.3) is 0 Å². The third kappa shape index (κ3) is 3.11. The van der Waals surface area contributed by atoms with Crippen molar-refractivity contribution in [3.63, 3.8) is 0 Å². The molecule has 1 aromatic rings. The van der Waals surface area contributed by atoms with Crippen LogP contribution in [0.3, 0.4) is 0 Å². The Kier molecular flexibility index (Phi) is 3.89. The van der Waals surface area contributed by atoms with Crippen molar-refractivity contribution >= 4 is 17.4 Å². The lowest BCUT2D eigenvalue weighted by Crippen LogP contribution is -2.45. The van der Waals surface area contributed by atoms with E-state index in [1.807, 2.05) is 12.1 Å². The maximum absolute atomic E-state index is 9.64. The van der Waals surface area contributed by atoms with E-state index in [-0.39, 0.29) is 12.1 Å². The molecular formula is C13H19ClN2O. The predicted molar refractivity (Wildman–Crippen MR) is 70.3 cm³/mol. The standard InChI is InChI=1S/C13H19ClN2O/c1-10-5-7-13(9-17,8-6-10)16-12-4-2-3-11(14)15-12/h2-4,10,17H,5-9H2,1H3,(H,15,16). The van der Waals surface area contributed by atoms with Crippen molar-refractivity contribution < 1.29 is 5.11 Å². The second-order valence-electron chi connectivity index (χ2n) is 5.09. The smallest absolute Gasteiger partial charge is 0.131 e. The molecule has 1 saturated carbocycles. The predicted octanol–water partition coefficient (Wildman–Crippen LogP) is 3.09. The van der Waals surface area contributed by atoms with Gasteiger partial charge in [0.2, 0.25) is 0 Å². The molecule has 1 heterocycles. The highest BCUT2D eigenvalue weighted by molar-refractivity contribution is 6.29. The molecule has 1 aromatic heterocycles. The first kappa shape index (κ1) is 12.7.